The van der Waals surface area contributed by atoms with Crippen LogP contribution in [0, 0.1) is 0 Å². The van der Waals surface area contributed by atoms with Crippen molar-refractivity contribution in [2.45, 2.75) is 45.8 Å². The highest BCUT2D eigenvalue weighted by atomic mass is 16.5. The number of nitrogens with zero attached hydrogens (tertiary/aromatic N) is 2. The van der Waals surface area contributed by atoms with Gasteiger partial charge in [-0.2, -0.15) is 0 Å². The standard InChI is InChI=1S/C27H32N2O4/c1-4-28(5-2)14-9-15-29-24(19-10-7-6-8-11-19)23(26(31)27(29)32)25(30)20-12-13-22-21(17-20)16-18(3)33-22/h6-8,10-13,17-18,24,30H,4-5,9,14-16H2,1-3H3/t18-,24+/m0/s1. The van der Waals surface area contributed by atoms with Crippen LogP contribution in [0.3, 0.4) is 0 Å². The zero-order valence-corrected chi connectivity index (χ0v) is 19.6. The summed E-state index contributed by atoms with van der Waals surface area (Å²) in [5.41, 5.74) is 2.50. The van der Waals surface area contributed by atoms with Gasteiger partial charge >= 0.3 is 0 Å². The third-order valence-corrected chi connectivity index (χ3v) is 6.59. The van der Waals surface area contributed by atoms with E-state index in [1.165, 1.54) is 0 Å². The molecule has 0 aliphatic carbocycles. The molecule has 6 nitrogen and oxygen atoms in total. The fourth-order valence-electron chi connectivity index (χ4n) is 4.82. The number of hydrogen-bond acceptors (Lipinski definition) is 5. The van der Waals surface area contributed by atoms with Gasteiger partial charge < -0.3 is 19.6 Å². The third-order valence-electron chi connectivity index (χ3n) is 6.59. The number of fused-ring (bicyclic) bond motifs is 1. The number of ether oxygens (including phenoxy) is 1. The molecule has 2 aliphatic rings. The zero-order valence-electron chi connectivity index (χ0n) is 19.6. The van der Waals surface area contributed by atoms with E-state index in [2.05, 4.69) is 18.7 Å². The summed E-state index contributed by atoms with van der Waals surface area (Å²) in [7, 11) is 0. The first-order valence-corrected chi connectivity index (χ1v) is 11.8. The maximum atomic E-state index is 13.2. The van der Waals surface area contributed by atoms with Crippen LogP contribution in [0.4, 0.5) is 0 Å². The molecule has 0 aromatic heterocycles. The summed E-state index contributed by atoms with van der Waals surface area (Å²) in [6.07, 6.45) is 1.59. The minimum absolute atomic E-state index is 0.0816. The van der Waals surface area contributed by atoms with Crippen molar-refractivity contribution in [3.05, 3.63) is 70.8 Å². The number of hydrogen-bond donors (Lipinski definition) is 1. The molecule has 2 aromatic carbocycles. The molecule has 6 heteroatoms. The van der Waals surface area contributed by atoms with Crippen molar-refractivity contribution in [1.29, 1.82) is 0 Å². The highest BCUT2D eigenvalue weighted by Crippen LogP contribution is 2.40. The molecule has 1 fully saturated rings. The molecule has 0 unspecified atom stereocenters. The SMILES string of the molecule is CCN(CC)CCCN1C(=O)C(=O)C(=C(O)c2ccc3c(c2)C[C@H](C)O3)[C@H]1c1ccccc1. The monoisotopic (exact) mass is 448 g/mol. The van der Waals surface area contributed by atoms with Gasteiger partial charge in [-0.15, -0.1) is 0 Å². The van der Waals surface area contributed by atoms with Crippen LogP contribution in [0.2, 0.25) is 0 Å². The zero-order chi connectivity index (χ0) is 23.5. The lowest BCUT2D eigenvalue weighted by atomic mass is 9.94. The fraction of sp³-hybridized carbons (Fsp3) is 0.407. The minimum Gasteiger partial charge on any atom is -0.507 e. The highest BCUT2D eigenvalue weighted by molar-refractivity contribution is 6.46. The number of aliphatic hydroxyl groups is 1. The predicted octanol–water partition coefficient (Wildman–Crippen LogP) is 4.16. The van der Waals surface area contributed by atoms with Crippen LogP contribution >= 0.6 is 0 Å². The molecule has 2 aromatic rings. The molecule has 174 valence electrons. The quantitative estimate of drug-likeness (QED) is 0.373. The number of amides is 1. The number of carbonyl (C=O) groups excluding carboxylic acids is 2. The number of carbonyl (C=O) groups is 2. The van der Waals surface area contributed by atoms with E-state index in [1.807, 2.05) is 49.4 Å². The Morgan fingerprint density at radius 3 is 2.55 bits per heavy atom. The van der Waals surface area contributed by atoms with Gasteiger partial charge in [-0.05, 0) is 62.3 Å². The summed E-state index contributed by atoms with van der Waals surface area (Å²) >= 11 is 0. The summed E-state index contributed by atoms with van der Waals surface area (Å²) in [4.78, 5) is 30.2. The molecular formula is C27H32N2O4. The molecule has 0 radical (unpaired) electrons. The van der Waals surface area contributed by atoms with E-state index in [0.29, 0.717) is 12.1 Å². The Morgan fingerprint density at radius 1 is 1.12 bits per heavy atom. The van der Waals surface area contributed by atoms with E-state index in [-0.39, 0.29) is 17.4 Å². The van der Waals surface area contributed by atoms with Crippen LogP contribution in [-0.4, -0.2) is 58.9 Å². The Kier molecular flexibility index (Phi) is 6.84. The van der Waals surface area contributed by atoms with Gasteiger partial charge in [0.15, 0.2) is 0 Å². The summed E-state index contributed by atoms with van der Waals surface area (Å²) in [6.45, 7) is 9.41. The van der Waals surface area contributed by atoms with Gasteiger partial charge in [-0.3, -0.25) is 9.59 Å². The highest BCUT2D eigenvalue weighted by Gasteiger charge is 2.45. The van der Waals surface area contributed by atoms with Gasteiger partial charge in [-0.1, -0.05) is 44.2 Å². The molecule has 1 N–H and O–H groups in total. The summed E-state index contributed by atoms with van der Waals surface area (Å²) in [5.74, 6) is -0.510. The van der Waals surface area contributed by atoms with E-state index in [0.717, 1.165) is 49.4 Å². The number of likely N-dealkylation sites (tertiary alicyclic amines) is 1. The molecule has 0 spiro atoms. The van der Waals surface area contributed by atoms with Crippen LogP contribution in [0.5, 0.6) is 5.75 Å². The van der Waals surface area contributed by atoms with Crippen molar-refractivity contribution in [2.24, 2.45) is 0 Å². The first kappa shape index (κ1) is 23.1. The third kappa shape index (κ3) is 4.53. The first-order chi connectivity index (χ1) is 15.9. The van der Waals surface area contributed by atoms with E-state index < -0.39 is 17.7 Å². The van der Waals surface area contributed by atoms with Crippen molar-refractivity contribution in [3.63, 3.8) is 0 Å². The molecule has 2 aliphatic heterocycles. The van der Waals surface area contributed by atoms with E-state index in [1.54, 1.807) is 11.0 Å². The molecule has 2 heterocycles. The minimum atomic E-state index is -0.630. The summed E-state index contributed by atoms with van der Waals surface area (Å²) in [6, 6.07) is 14.3. The number of benzene rings is 2. The predicted molar refractivity (Wildman–Crippen MR) is 128 cm³/mol. The number of aliphatic hydroxyl groups excluding tert-OH is 1. The molecular weight excluding hydrogens is 416 g/mol. The number of rotatable bonds is 8. The number of ketones is 1. The molecule has 1 saturated heterocycles. The van der Waals surface area contributed by atoms with Crippen molar-refractivity contribution < 1.29 is 19.4 Å². The molecule has 0 bridgehead atoms. The van der Waals surface area contributed by atoms with Gasteiger partial charge in [-0.25, -0.2) is 0 Å². The molecule has 33 heavy (non-hydrogen) atoms. The van der Waals surface area contributed by atoms with Gasteiger partial charge in [0.2, 0.25) is 0 Å². The smallest absolute Gasteiger partial charge is 0.295 e. The van der Waals surface area contributed by atoms with Crippen LogP contribution < -0.4 is 4.74 Å². The molecule has 1 amide bonds. The summed E-state index contributed by atoms with van der Waals surface area (Å²) in [5, 5.41) is 11.3. The van der Waals surface area contributed by atoms with E-state index in [4.69, 9.17) is 4.74 Å². The van der Waals surface area contributed by atoms with Crippen LogP contribution in [-0.2, 0) is 16.0 Å². The second-order valence-electron chi connectivity index (χ2n) is 8.74. The Balaban J connectivity index is 1.71. The molecule has 0 saturated carbocycles. The van der Waals surface area contributed by atoms with E-state index >= 15 is 0 Å². The largest absolute Gasteiger partial charge is 0.507 e. The van der Waals surface area contributed by atoms with Gasteiger partial charge in [0.1, 0.15) is 17.6 Å². The number of Topliss-reactive ketones (excluding diaryl/α,β-unsaturated/α-hetero) is 1. The summed E-state index contributed by atoms with van der Waals surface area (Å²) < 4.78 is 5.76. The lowest BCUT2D eigenvalue weighted by Crippen LogP contribution is -2.33. The van der Waals surface area contributed by atoms with Crippen LogP contribution in [0.1, 0.15) is 49.9 Å². The average molecular weight is 449 g/mol. The van der Waals surface area contributed by atoms with Gasteiger partial charge in [0, 0.05) is 18.5 Å². The topological polar surface area (TPSA) is 70.1 Å². The van der Waals surface area contributed by atoms with Crippen LogP contribution in [0.15, 0.2) is 54.1 Å². The van der Waals surface area contributed by atoms with Crippen molar-refractivity contribution in [2.75, 3.05) is 26.2 Å². The Labute approximate surface area is 195 Å². The Hall–Kier alpha value is -3.12. The maximum Gasteiger partial charge on any atom is 0.295 e. The average Bonchev–Trinajstić information content (AvgIpc) is 3.32. The van der Waals surface area contributed by atoms with Gasteiger partial charge in [0.25, 0.3) is 11.7 Å². The van der Waals surface area contributed by atoms with Crippen LogP contribution in [0.25, 0.3) is 5.76 Å². The Morgan fingerprint density at radius 2 is 1.85 bits per heavy atom. The maximum absolute atomic E-state index is 13.2. The van der Waals surface area contributed by atoms with E-state index in [9.17, 15) is 14.7 Å². The van der Waals surface area contributed by atoms with Gasteiger partial charge in [0.05, 0.1) is 11.6 Å². The second-order valence-corrected chi connectivity index (χ2v) is 8.74. The second kappa shape index (κ2) is 9.79. The lowest BCUT2D eigenvalue weighted by Gasteiger charge is -2.26. The van der Waals surface area contributed by atoms with Crippen molar-refractivity contribution in [1.82, 2.24) is 9.80 Å². The molecule has 2 atom stereocenters. The molecule has 4 rings (SSSR count). The van der Waals surface area contributed by atoms with Crippen molar-refractivity contribution in [3.8, 4) is 5.75 Å². The fourth-order valence-corrected chi connectivity index (χ4v) is 4.82. The normalized spacial score (nSPS) is 21.5. The van der Waals surface area contributed by atoms with Crippen molar-refractivity contribution >= 4 is 17.4 Å². The lowest BCUT2D eigenvalue weighted by molar-refractivity contribution is -0.140. The first-order valence-electron chi connectivity index (χ1n) is 11.8. The Bertz CT molecular complexity index is 1060.